The Kier molecular flexibility index (Phi) is 6.59. The lowest BCUT2D eigenvalue weighted by atomic mass is 10.2. The van der Waals surface area contributed by atoms with Crippen LogP contribution in [0.15, 0.2) is 33.9 Å². The highest BCUT2D eigenvalue weighted by Crippen LogP contribution is 2.34. The quantitative estimate of drug-likeness (QED) is 0.497. The smallest absolute Gasteiger partial charge is 0.253 e. The van der Waals surface area contributed by atoms with Crippen molar-refractivity contribution in [3.05, 3.63) is 41.3 Å². The van der Waals surface area contributed by atoms with Crippen molar-refractivity contribution >= 4 is 54.0 Å². The number of hydrogen-bond donors (Lipinski definition) is 0. The summed E-state index contributed by atoms with van der Waals surface area (Å²) in [6.45, 7) is 0.972. The molecule has 1 unspecified atom stereocenters. The van der Waals surface area contributed by atoms with Gasteiger partial charge < -0.3 is 4.90 Å². The predicted octanol–water partition coefficient (Wildman–Crippen LogP) is 3.38. The van der Waals surface area contributed by atoms with Crippen molar-refractivity contribution in [2.24, 2.45) is 0 Å². The fraction of sp³-hybridized carbons (Fsp3) is 0.400. The number of halogens is 2. The molecule has 0 N–H and O–H groups in total. The Balaban J connectivity index is 1.70. The Labute approximate surface area is 192 Å². The lowest BCUT2D eigenvalue weighted by molar-refractivity contribution is -0.121. The molecule has 1 amide bonds. The highest BCUT2D eigenvalue weighted by molar-refractivity contribution is 7.91. The lowest BCUT2D eigenvalue weighted by Gasteiger charge is -2.29. The number of sulfonamides is 1. The molecule has 1 aliphatic rings. The molecule has 3 heterocycles. The minimum Gasteiger partial charge on any atom is -0.308 e. The number of likely N-dealkylation sites (N-methyl/N-ethyl adjacent to an activating group) is 1. The van der Waals surface area contributed by atoms with Gasteiger partial charge in [-0.1, -0.05) is 17.4 Å². The molecule has 0 aliphatic carbocycles. The molecule has 12 heteroatoms. The first kappa shape index (κ1) is 23.2. The van der Waals surface area contributed by atoms with Gasteiger partial charge in [-0.25, -0.2) is 22.2 Å². The Bertz CT molecular complexity index is 1230. The topological polar surface area (TPSA) is 73.8 Å². The molecular formula is C20H22F2N4O3S3. The Hall–Kier alpha value is -1.99. The van der Waals surface area contributed by atoms with Gasteiger partial charge in [-0.05, 0) is 44.4 Å². The van der Waals surface area contributed by atoms with E-state index in [9.17, 15) is 22.0 Å². The third-order valence-corrected chi connectivity index (χ3v) is 9.52. The molecule has 3 aromatic rings. The second-order valence-corrected chi connectivity index (χ2v) is 11.8. The van der Waals surface area contributed by atoms with Gasteiger partial charge in [-0.15, -0.1) is 11.3 Å². The van der Waals surface area contributed by atoms with Crippen LogP contribution in [0.3, 0.4) is 0 Å². The maximum absolute atomic E-state index is 14.2. The number of carbonyl (C=O) groups excluding carboxylic acids is 1. The number of fused-ring (bicyclic) bond motifs is 1. The fourth-order valence-electron chi connectivity index (χ4n) is 3.64. The van der Waals surface area contributed by atoms with Crippen LogP contribution in [0.25, 0.3) is 10.2 Å². The van der Waals surface area contributed by atoms with Gasteiger partial charge in [-0.2, -0.15) is 4.31 Å². The maximum atomic E-state index is 14.2. The molecule has 0 bridgehead atoms. The average Bonchev–Trinajstić information content (AvgIpc) is 3.47. The highest BCUT2D eigenvalue weighted by Gasteiger charge is 2.42. The van der Waals surface area contributed by atoms with Crippen LogP contribution in [-0.4, -0.2) is 68.3 Å². The zero-order valence-electron chi connectivity index (χ0n) is 17.5. The van der Waals surface area contributed by atoms with Crippen molar-refractivity contribution < 1.29 is 22.0 Å². The van der Waals surface area contributed by atoms with Gasteiger partial charge in [0.1, 0.15) is 21.6 Å². The van der Waals surface area contributed by atoms with Crippen molar-refractivity contribution in [2.45, 2.75) is 23.1 Å². The van der Waals surface area contributed by atoms with Crippen LogP contribution in [0.4, 0.5) is 13.9 Å². The SMILES string of the molecule is CN(C)CCN(C(=O)C1CCCN1S(=O)(=O)c1cccs1)c1nc2c(F)cc(F)cc2s1. The van der Waals surface area contributed by atoms with Crippen molar-refractivity contribution in [1.29, 1.82) is 0 Å². The second-order valence-electron chi connectivity index (χ2n) is 7.73. The maximum Gasteiger partial charge on any atom is 0.253 e. The summed E-state index contributed by atoms with van der Waals surface area (Å²) in [6, 6.07) is 4.23. The van der Waals surface area contributed by atoms with Gasteiger partial charge in [0.05, 0.1) is 4.70 Å². The Morgan fingerprint density at radius 2 is 2.06 bits per heavy atom. The molecule has 4 rings (SSSR count). The molecule has 1 fully saturated rings. The first-order valence-corrected chi connectivity index (χ1v) is 13.1. The number of rotatable bonds is 7. The number of amides is 1. The molecule has 172 valence electrons. The zero-order chi connectivity index (χ0) is 23.0. The number of benzene rings is 1. The van der Waals surface area contributed by atoms with E-state index in [1.165, 1.54) is 21.3 Å². The normalized spacial score (nSPS) is 17.5. The van der Waals surface area contributed by atoms with Gasteiger partial charge in [-0.3, -0.25) is 9.69 Å². The molecular weight excluding hydrogens is 478 g/mol. The third-order valence-electron chi connectivity index (χ3n) is 5.22. The number of anilines is 1. The monoisotopic (exact) mass is 500 g/mol. The fourth-order valence-corrected chi connectivity index (χ4v) is 7.45. The first-order chi connectivity index (χ1) is 15.2. The number of aromatic nitrogens is 1. The van der Waals surface area contributed by atoms with Crippen molar-refractivity contribution in [1.82, 2.24) is 14.2 Å². The molecule has 0 radical (unpaired) electrons. The van der Waals surface area contributed by atoms with Crippen molar-refractivity contribution in [2.75, 3.05) is 38.6 Å². The van der Waals surface area contributed by atoms with Crippen LogP contribution in [0.2, 0.25) is 0 Å². The molecule has 1 saturated heterocycles. The number of thiazole rings is 1. The molecule has 1 aromatic carbocycles. The minimum absolute atomic E-state index is 0.0106. The van der Waals surface area contributed by atoms with Crippen LogP contribution in [0, 0.1) is 11.6 Å². The van der Waals surface area contributed by atoms with E-state index in [1.807, 2.05) is 19.0 Å². The summed E-state index contributed by atoms with van der Waals surface area (Å²) in [5, 5.41) is 1.90. The van der Waals surface area contributed by atoms with Crippen LogP contribution in [-0.2, 0) is 14.8 Å². The number of hydrogen-bond acceptors (Lipinski definition) is 7. The summed E-state index contributed by atoms with van der Waals surface area (Å²) >= 11 is 2.12. The van der Waals surface area contributed by atoms with Crippen molar-refractivity contribution in [3.63, 3.8) is 0 Å². The Morgan fingerprint density at radius 3 is 2.75 bits per heavy atom. The van der Waals surface area contributed by atoms with Gasteiger partial charge in [0.25, 0.3) is 10.0 Å². The molecule has 32 heavy (non-hydrogen) atoms. The largest absolute Gasteiger partial charge is 0.308 e. The second kappa shape index (κ2) is 9.10. The summed E-state index contributed by atoms with van der Waals surface area (Å²) in [6.07, 6.45) is 0.942. The average molecular weight is 501 g/mol. The molecule has 0 spiro atoms. The van der Waals surface area contributed by atoms with Gasteiger partial charge >= 0.3 is 0 Å². The predicted molar refractivity (Wildman–Crippen MR) is 122 cm³/mol. The highest BCUT2D eigenvalue weighted by atomic mass is 32.2. The van der Waals surface area contributed by atoms with E-state index < -0.39 is 33.6 Å². The van der Waals surface area contributed by atoms with Gasteiger partial charge in [0, 0.05) is 25.7 Å². The standard InChI is InChI=1S/C20H22F2N4O3S3/c1-24(2)8-9-25(20-23-18-14(22)11-13(21)12-16(18)31-20)19(27)15-5-3-7-26(15)32(28,29)17-6-4-10-30-17/h4,6,10-12,15H,3,5,7-9H2,1-2H3. The van der Waals surface area contributed by atoms with Crippen LogP contribution in [0.1, 0.15) is 12.8 Å². The van der Waals surface area contributed by atoms with Crippen LogP contribution < -0.4 is 4.90 Å². The minimum atomic E-state index is -3.81. The molecule has 1 atom stereocenters. The van der Waals surface area contributed by atoms with Gasteiger partial charge in [0.2, 0.25) is 5.91 Å². The van der Waals surface area contributed by atoms with E-state index in [0.29, 0.717) is 19.4 Å². The van der Waals surface area contributed by atoms with E-state index >= 15 is 0 Å². The van der Waals surface area contributed by atoms with Crippen molar-refractivity contribution in [3.8, 4) is 0 Å². The van der Waals surface area contributed by atoms with Gasteiger partial charge in [0.15, 0.2) is 10.9 Å². The van der Waals surface area contributed by atoms with E-state index in [4.69, 9.17) is 0 Å². The first-order valence-electron chi connectivity index (χ1n) is 9.95. The molecule has 0 saturated carbocycles. The Morgan fingerprint density at radius 1 is 1.28 bits per heavy atom. The number of nitrogens with zero attached hydrogens (tertiary/aromatic N) is 4. The van der Waals surface area contributed by atoms with E-state index in [2.05, 4.69) is 4.98 Å². The molecule has 2 aromatic heterocycles. The summed E-state index contributed by atoms with van der Waals surface area (Å²) in [5.74, 6) is -1.94. The lowest BCUT2D eigenvalue weighted by Crippen LogP contribution is -2.49. The van der Waals surface area contributed by atoms with E-state index in [-0.39, 0.29) is 32.6 Å². The molecule has 7 nitrogen and oxygen atoms in total. The summed E-state index contributed by atoms with van der Waals surface area (Å²) in [7, 11) is -0.113. The van der Waals surface area contributed by atoms with E-state index in [0.717, 1.165) is 28.7 Å². The van der Waals surface area contributed by atoms with E-state index in [1.54, 1.807) is 11.4 Å². The van der Waals surface area contributed by atoms with Crippen LogP contribution in [0.5, 0.6) is 0 Å². The third kappa shape index (κ3) is 4.42. The summed E-state index contributed by atoms with van der Waals surface area (Å²) in [4.78, 5) is 21.2. The number of thiophene rings is 1. The summed E-state index contributed by atoms with van der Waals surface area (Å²) in [5.41, 5.74) is -0.0106. The summed E-state index contributed by atoms with van der Waals surface area (Å²) < 4.78 is 55.8. The molecule has 1 aliphatic heterocycles. The zero-order valence-corrected chi connectivity index (χ0v) is 19.9. The number of carbonyl (C=O) groups is 1. The van der Waals surface area contributed by atoms with Crippen LogP contribution >= 0.6 is 22.7 Å².